The molecule has 0 unspecified atom stereocenters. The fraction of sp³-hybridized carbons (Fsp3) is 0.267. The van der Waals surface area contributed by atoms with E-state index in [0.29, 0.717) is 0 Å². The van der Waals surface area contributed by atoms with Crippen LogP contribution in [0.25, 0.3) is 0 Å². The smallest absolute Gasteiger partial charge is 0.202 e. The molecule has 0 saturated heterocycles. The number of hydrogen-bond acceptors (Lipinski definition) is 4. The summed E-state index contributed by atoms with van der Waals surface area (Å²) >= 11 is 3.60. The average molecular weight is 289 g/mol. The van der Waals surface area contributed by atoms with Crippen LogP contribution < -0.4 is 5.73 Å². The maximum atomic E-state index is 12.5. The number of anilines is 1. The van der Waals surface area contributed by atoms with E-state index in [-0.39, 0.29) is 5.78 Å². The van der Waals surface area contributed by atoms with Gasteiger partial charge in [0, 0.05) is 21.9 Å². The Morgan fingerprint density at radius 2 is 2.16 bits per heavy atom. The van der Waals surface area contributed by atoms with Crippen LogP contribution >= 0.6 is 23.1 Å². The maximum Gasteiger partial charge on any atom is 0.202 e. The highest BCUT2D eigenvalue weighted by Crippen LogP contribution is 2.32. The summed E-state index contributed by atoms with van der Waals surface area (Å²) in [7, 11) is 0. The second-order valence-corrected chi connectivity index (χ2v) is 7.00. The summed E-state index contributed by atoms with van der Waals surface area (Å²) in [6, 6.07) is 7.58. The van der Waals surface area contributed by atoms with Gasteiger partial charge in [-0.25, -0.2) is 0 Å². The van der Waals surface area contributed by atoms with Gasteiger partial charge in [0.1, 0.15) is 0 Å². The average Bonchev–Trinajstić information content (AvgIpc) is 2.85. The first-order chi connectivity index (χ1) is 9.15. The van der Waals surface area contributed by atoms with Gasteiger partial charge in [0.05, 0.1) is 4.88 Å². The lowest BCUT2D eigenvalue weighted by Crippen LogP contribution is -2.00. The molecule has 0 saturated carbocycles. The minimum absolute atomic E-state index is 0.118. The molecule has 2 N–H and O–H groups in total. The number of nitrogens with two attached hydrogens (primary N) is 1. The third kappa shape index (κ3) is 2.42. The highest BCUT2D eigenvalue weighted by Gasteiger charge is 2.18. The summed E-state index contributed by atoms with van der Waals surface area (Å²) in [6.45, 7) is 1.93. The Hall–Kier alpha value is -1.26. The first kappa shape index (κ1) is 12.8. The Morgan fingerprint density at radius 1 is 1.32 bits per heavy atom. The zero-order chi connectivity index (χ0) is 13.4. The molecule has 2 heterocycles. The van der Waals surface area contributed by atoms with Crippen molar-refractivity contribution < 1.29 is 4.79 Å². The van der Waals surface area contributed by atoms with E-state index in [1.54, 1.807) is 11.3 Å². The first-order valence-corrected chi connectivity index (χ1v) is 8.22. The van der Waals surface area contributed by atoms with Crippen LogP contribution in [-0.4, -0.2) is 11.5 Å². The van der Waals surface area contributed by atoms with Gasteiger partial charge in [-0.05, 0) is 54.5 Å². The number of aryl methyl sites for hydroxylation is 2. The number of carbonyl (C=O) groups is 1. The molecular weight excluding hydrogens is 274 g/mol. The molecule has 3 rings (SSSR count). The molecule has 0 bridgehead atoms. The molecule has 4 heteroatoms. The summed E-state index contributed by atoms with van der Waals surface area (Å²) < 4.78 is 0. The lowest BCUT2D eigenvalue weighted by molar-refractivity contribution is 0.104. The van der Waals surface area contributed by atoms with Gasteiger partial charge < -0.3 is 5.73 Å². The Bertz CT molecular complexity index is 622. The van der Waals surface area contributed by atoms with Crippen LogP contribution in [0, 0.1) is 6.92 Å². The van der Waals surface area contributed by atoms with Crippen LogP contribution in [0.1, 0.15) is 31.2 Å². The van der Waals surface area contributed by atoms with Crippen LogP contribution in [0.2, 0.25) is 0 Å². The van der Waals surface area contributed by atoms with Gasteiger partial charge in [-0.1, -0.05) is 0 Å². The monoisotopic (exact) mass is 289 g/mol. The van der Waals surface area contributed by atoms with Crippen molar-refractivity contribution in [2.45, 2.75) is 19.1 Å². The number of thiophene rings is 1. The normalized spacial score (nSPS) is 14.2. The molecule has 98 valence electrons. The van der Waals surface area contributed by atoms with E-state index in [4.69, 9.17) is 5.73 Å². The second kappa shape index (κ2) is 5.02. The van der Waals surface area contributed by atoms with Crippen LogP contribution in [0.4, 0.5) is 5.69 Å². The van der Waals surface area contributed by atoms with Crippen molar-refractivity contribution in [3.63, 3.8) is 0 Å². The van der Waals surface area contributed by atoms with Crippen LogP contribution in [0.15, 0.2) is 24.3 Å². The van der Waals surface area contributed by atoms with Crippen molar-refractivity contribution in [1.82, 2.24) is 0 Å². The molecule has 2 aromatic rings. The number of hydrogen-bond donors (Lipinski definition) is 1. The van der Waals surface area contributed by atoms with Crippen molar-refractivity contribution >= 4 is 34.6 Å². The van der Waals surface area contributed by atoms with Gasteiger partial charge in [-0.2, -0.15) is 11.8 Å². The van der Waals surface area contributed by atoms with Crippen molar-refractivity contribution in [1.29, 1.82) is 0 Å². The molecule has 19 heavy (non-hydrogen) atoms. The molecule has 1 aliphatic heterocycles. The zero-order valence-corrected chi connectivity index (χ0v) is 12.4. The summed E-state index contributed by atoms with van der Waals surface area (Å²) in [5, 5.41) is 0. The fourth-order valence-electron chi connectivity index (χ4n) is 2.22. The lowest BCUT2D eigenvalue weighted by atomic mass is 10.0. The Morgan fingerprint density at radius 3 is 2.89 bits per heavy atom. The van der Waals surface area contributed by atoms with Crippen molar-refractivity contribution in [3.8, 4) is 0 Å². The van der Waals surface area contributed by atoms with Crippen LogP contribution in [0.3, 0.4) is 0 Å². The van der Waals surface area contributed by atoms with Crippen molar-refractivity contribution in [3.05, 3.63) is 50.7 Å². The molecule has 2 nitrogen and oxygen atoms in total. The van der Waals surface area contributed by atoms with Gasteiger partial charge in [0.2, 0.25) is 5.78 Å². The number of benzene rings is 1. The van der Waals surface area contributed by atoms with Gasteiger partial charge in [0.15, 0.2) is 0 Å². The van der Waals surface area contributed by atoms with E-state index in [2.05, 4.69) is 6.07 Å². The minimum Gasteiger partial charge on any atom is -0.399 e. The van der Waals surface area contributed by atoms with Crippen LogP contribution in [0.5, 0.6) is 0 Å². The molecular formula is C15H15NOS2. The molecule has 1 aliphatic rings. The molecule has 0 atom stereocenters. The highest BCUT2D eigenvalue weighted by molar-refractivity contribution is 7.98. The second-order valence-electron chi connectivity index (χ2n) is 4.76. The summed E-state index contributed by atoms with van der Waals surface area (Å²) in [4.78, 5) is 14.7. The Kier molecular flexibility index (Phi) is 3.37. The Labute approximate surface area is 121 Å². The zero-order valence-electron chi connectivity index (χ0n) is 10.7. The largest absolute Gasteiger partial charge is 0.399 e. The van der Waals surface area contributed by atoms with E-state index < -0.39 is 0 Å². The van der Waals surface area contributed by atoms with E-state index >= 15 is 0 Å². The van der Waals surface area contributed by atoms with Crippen molar-refractivity contribution in [2.75, 3.05) is 11.5 Å². The number of thioether (sulfide) groups is 1. The molecule has 1 aromatic carbocycles. The highest BCUT2D eigenvalue weighted by atomic mass is 32.2. The van der Waals surface area contributed by atoms with E-state index in [9.17, 15) is 4.79 Å². The molecule has 0 aliphatic carbocycles. The molecule has 0 fully saturated rings. The quantitative estimate of drug-likeness (QED) is 0.678. The topological polar surface area (TPSA) is 43.1 Å². The number of carbonyl (C=O) groups excluding carboxylic acids is 1. The van der Waals surface area contributed by atoms with E-state index in [1.807, 2.05) is 36.9 Å². The predicted molar refractivity (Wildman–Crippen MR) is 83.2 cm³/mol. The predicted octanol–water partition coefficient (Wildman–Crippen LogP) is 3.66. The van der Waals surface area contributed by atoms with Gasteiger partial charge in [0.25, 0.3) is 0 Å². The fourth-order valence-corrected chi connectivity index (χ4v) is 4.55. The number of rotatable bonds is 2. The summed E-state index contributed by atoms with van der Waals surface area (Å²) in [5.41, 5.74) is 9.57. The first-order valence-electron chi connectivity index (χ1n) is 6.25. The van der Waals surface area contributed by atoms with Gasteiger partial charge in [-0.3, -0.25) is 4.79 Å². The number of ketones is 1. The third-order valence-electron chi connectivity index (χ3n) is 3.38. The third-order valence-corrected chi connectivity index (χ3v) is 5.63. The standard InChI is InChI=1S/C15H15NOS2/c1-9-6-10(2-3-12(9)16)15(17)14-7-11-8-18-5-4-13(11)19-14/h2-3,6-7H,4-5,8,16H2,1H3. The molecule has 0 radical (unpaired) electrons. The van der Waals surface area contributed by atoms with E-state index in [1.165, 1.54) is 16.2 Å². The molecule has 0 amide bonds. The molecule has 1 aromatic heterocycles. The Balaban J connectivity index is 1.95. The van der Waals surface area contributed by atoms with Crippen LogP contribution in [-0.2, 0) is 12.2 Å². The van der Waals surface area contributed by atoms with Crippen molar-refractivity contribution in [2.24, 2.45) is 0 Å². The number of nitrogen functional groups attached to an aromatic ring is 1. The molecule has 0 spiro atoms. The minimum atomic E-state index is 0.118. The van der Waals surface area contributed by atoms with Gasteiger partial charge >= 0.3 is 0 Å². The maximum absolute atomic E-state index is 12.5. The summed E-state index contributed by atoms with van der Waals surface area (Å²) in [5.74, 6) is 2.33. The van der Waals surface area contributed by atoms with Gasteiger partial charge in [-0.15, -0.1) is 11.3 Å². The lowest BCUT2D eigenvalue weighted by Gasteiger charge is -2.08. The number of fused-ring (bicyclic) bond motifs is 1. The summed E-state index contributed by atoms with van der Waals surface area (Å²) in [6.07, 6.45) is 1.10. The van der Waals surface area contributed by atoms with E-state index in [0.717, 1.165) is 33.9 Å². The SMILES string of the molecule is Cc1cc(C(=O)c2cc3c(s2)CCSC3)ccc1N.